The Labute approximate surface area is 191 Å². The first-order valence-electron chi connectivity index (χ1n) is 11.0. The Bertz CT molecular complexity index is 770. The van der Waals surface area contributed by atoms with Gasteiger partial charge in [-0.15, -0.1) is 0 Å². The van der Waals surface area contributed by atoms with Crippen molar-refractivity contribution < 1.29 is 19.1 Å². The van der Waals surface area contributed by atoms with E-state index in [0.29, 0.717) is 37.1 Å². The fraction of sp³-hybridized carbons (Fsp3) is 0.609. The number of nitrogens with zero attached hydrogens (tertiary/aromatic N) is 1. The molecule has 180 valence electrons. The third kappa shape index (κ3) is 10.4. The molecule has 1 rings (SSSR count). The lowest BCUT2D eigenvalue weighted by Crippen LogP contribution is -2.57. The minimum atomic E-state index is -0.552. The van der Waals surface area contributed by atoms with E-state index in [1.807, 2.05) is 46.8 Å². The first-order valence-corrected chi connectivity index (χ1v) is 11.0. The van der Waals surface area contributed by atoms with Crippen LogP contribution in [-0.4, -0.2) is 55.8 Å². The Balaban J connectivity index is 2.53. The van der Waals surface area contributed by atoms with Crippen molar-refractivity contribution in [1.82, 2.24) is 16.0 Å². The molecule has 32 heavy (non-hydrogen) atoms. The molecule has 1 aromatic rings. The molecule has 9 nitrogen and oxygen atoms in total. The van der Waals surface area contributed by atoms with Crippen LogP contribution in [0, 0.1) is 0 Å². The predicted octanol–water partition coefficient (Wildman–Crippen LogP) is 3.27. The summed E-state index contributed by atoms with van der Waals surface area (Å²) in [5.41, 5.74) is -0.321. The summed E-state index contributed by atoms with van der Waals surface area (Å²) in [6, 6.07) is 7.23. The lowest BCUT2D eigenvalue weighted by molar-refractivity contribution is -0.114. The highest BCUT2D eigenvalue weighted by Crippen LogP contribution is 2.17. The molecule has 0 atom stereocenters. The summed E-state index contributed by atoms with van der Waals surface area (Å²) in [6.45, 7) is 12.5. The zero-order valence-electron chi connectivity index (χ0n) is 20.4. The second-order valence-corrected chi connectivity index (χ2v) is 8.52. The van der Waals surface area contributed by atoms with E-state index >= 15 is 0 Å². The summed E-state index contributed by atoms with van der Waals surface area (Å²) < 4.78 is 11.2. The van der Waals surface area contributed by atoms with Gasteiger partial charge in [-0.1, -0.05) is 19.9 Å². The molecule has 9 heteroatoms. The molecular formula is C23H39N5O4. The summed E-state index contributed by atoms with van der Waals surface area (Å²) in [6.07, 6.45) is 1.04. The summed E-state index contributed by atoms with van der Waals surface area (Å²) in [5.74, 6) is 1.14. The van der Waals surface area contributed by atoms with Gasteiger partial charge in [-0.05, 0) is 45.7 Å². The van der Waals surface area contributed by atoms with E-state index in [4.69, 9.17) is 9.47 Å². The number of carbonyl (C=O) groups is 2. The number of rotatable bonds is 10. The average Bonchev–Trinajstić information content (AvgIpc) is 2.70. The number of benzene rings is 1. The second-order valence-electron chi connectivity index (χ2n) is 8.52. The molecule has 0 radical (unpaired) electrons. The molecule has 0 unspecified atom stereocenters. The smallest absolute Gasteiger partial charge is 0.408 e. The number of anilines is 1. The van der Waals surface area contributed by atoms with Crippen LogP contribution >= 0.6 is 0 Å². The van der Waals surface area contributed by atoms with E-state index in [0.717, 1.165) is 12.8 Å². The Hall–Kier alpha value is -2.97. The minimum Gasteiger partial charge on any atom is -0.492 e. The number of amides is 2. The van der Waals surface area contributed by atoms with Gasteiger partial charge in [0.25, 0.3) is 0 Å². The largest absolute Gasteiger partial charge is 0.492 e. The fourth-order valence-corrected chi connectivity index (χ4v) is 2.92. The van der Waals surface area contributed by atoms with Gasteiger partial charge in [-0.25, -0.2) is 4.79 Å². The number of ether oxygens (including phenoxy) is 2. The Morgan fingerprint density at radius 2 is 1.78 bits per heavy atom. The SMILES string of the molecule is CCC(CC)(CNC(=NC)NCCOc1cccc(NC(C)=O)c1)NC(=O)OC(C)(C)C. The van der Waals surface area contributed by atoms with Gasteiger partial charge in [-0.2, -0.15) is 0 Å². The summed E-state index contributed by atoms with van der Waals surface area (Å²) in [7, 11) is 1.69. The van der Waals surface area contributed by atoms with Crippen molar-refractivity contribution in [2.75, 3.05) is 32.1 Å². The molecule has 0 aliphatic rings. The maximum absolute atomic E-state index is 12.3. The van der Waals surface area contributed by atoms with Gasteiger partial charge < -0.3 is 30.7 Å². The second kappa shape index (κ2) is 12.8. The topological polar surface area (TPSA) is 113 Å². The van der Waals surface area contributed by atoms with Gasteiger partial charge in [0.15, 0.2) is 5.96 Å². The van der Waals surface area contributed by atoms with Crippen LogP contribution in [0.25, 0.3) is 0 Å². The van der Waals surface area contributed by atoms with Crippen molar-refractivity contribution in [2.24, 2.45) is 4.99 Å². The molecule has 0 aliphatic heterocycles. The van der Waals surface area contributed by atoms with Crippen LogP contribution < -0.4 is 26.0 Å². The van der Waals surface area contributed by atoms with Crippen molar-refractivity contribution in [2.45, 2.75) is 65.5 Å². The van der Waals surface area contributed by atoms with E-state index in [-0.39, 0.29) is 5.91 Å². The molecule has 0 aliphatic carbocycles. The highest BCUT2D eigenvalue weighted by atomic mass is 16.6. The number of nitrogens with one attached hydrogen (secondary N) is 4. The van der Waals surface area contributed by atoms with Gasteiger partial charge in [0, 0.05) is 32.3 Å². The first kappa shape index (κ1) is 27.1. The first-order chi connectivity index (χ1) is 15.0. The van der Waals surface area contributed by atoms with E-state index in [2.05, 4.69) is 26.3 Å². The van der Waals surface area contributed by atoms with Crippen molar-refractivity contribution in [1.29, 1.82) is 0 Å². The number of alkyl carbamates (subject to hydrolysis) is 1. The van der Waals surface area contributed by atoms with Crippen molar-refractivity contribution >= 4 is 23.6 Å². The third-order valence-corrected chi connectivity index (χ3v) is 4.76. The molecule has 2 amide bonds. The molecule has 4 N–H and O–H groups in total. The van der Waals surface area contributed by atoms with Gasteiger partial charge in [0.2, 0.25) is 5.91 Å². The zero-order valence-corrected chi connectivity index (χ0v) is 20.4. The molecule has 0 aromatic heterocycles. The van der Waals surface area contributed by atoms with E-state index < -0.39 is 17.2 Å². The predicted molar refractivity (Wildman–Crippen MR) is 128 cm³/mol. The third-order valence-electron chi connectivity index (χ3n) is 4.76. The summed E-state index contributed by atoms with van der Waals surface area (Å²) >= 11 is 0. The van der Waals surface area contributed by atoms with Crippen molar-refractivity contribution in [3.8, 4) is 5.75 Å². The number of hydrogen-bond acceptors (Lipinski definition) is 5. The lowest BCUT2D eigenvalue weighted by atomic mass is 9.93. The summed E-state index contributed by atoms with van der Waals surface area (Å²) in [5, 5.41) is 12.2. The van der Waals surface area contributed by atoms with Crippen molar-refractivity contribution in [3.05, 3.63) is 24.3 Å². The van der Waals surface area contributed by atoms with Gasteiger partial charge in [-0.3, -0.25) is 9.79 Å². The highest BCUT2D eigenvalue weighted by Gasteiger charge is 2.30. The van der Waals surface area contributed by atoms with Crippen LogP contribution in [-0.2, 0) is 9.53 Å². The Morgan fingerprint density at radius 3 is 2.34 bits per heavy atom. The van der Waals surface area contributed by atoms with Gasteiger partial charge in [0.1, 0.15) is 18.0 Å². The average molecular weight is 450 g/mol. The molecule has 0 saturated heterocycles. The van der Waals surface area contributed by atoms with E-state index in [1.165, 1.54) is 6.92 Å². The minimum absolute atomic E-state index is 0.130. The zero-order chi connectivity index (χ0) is 24.2. The number of guanidine groups is 1. The van der Waals surface area contributed by atoms with E-state index in [1.54, 1.807) is 19.2 Å². The van der Waals surface area contributed by atoms with Gasteiger partial charge >= 0.3 is 6.09 Å². The number of carbonyl (C=O) groups excluding carboxylic acids is 2. The van der Waals surface area contributed by atoms with Crippen molar-refractivity contribution in [3.63, 3.8) is 0 Å². The molecular weight excluding hydrogens is 410 g/mol. The number of hydrogen-bond donors (Lipinski definition) is 4. The molecule has 0 fully saturated rings. The van der Waals surface area contributed by atoms with Crippen LogP contribution in [0.3, 0.4) is 0 Å². The molecule has 1 aromatic carbocycles. The number of aliphatic imine (C=N–C) groups is 1. The van der Waals surface area contributed by atoms with Crippen LogP contribution in [0.1, 0.15) is 54.4 Å². The standard InChI is InChI=1S/C23H39N5O4/c1-8-23(9-2,28-21(30)32-22(4,5)6)16-26-20(24-7)25-13-14-31-19-12-10-11-18(15-19)27-17(3)29/h10-12,15H,8-9,13-14,16H2,1-7H3,(H,27,29)(H,28,30)(H2,24,25,26). The van der Waals surface area contributed by atoms with Crippen LogP contribution in [0.2, 0.25) is 0 Å². The molecule has 0 saturated carbocycles. The highest BCUT2D eigenvalue weighted by molar-refractivity contribution is 5.88. The monoisotopic (exact) mass is 449 g/mol. The summed E-state index contributed by atoms with van der Waals surface area (Å²) in [4.78, 5) is 27.7. The van der Waals surface area contributed by atoms with Crippen LogP contribution in [0.5, 0.6) is 5.75 Å². The quantitative estimate of drug-likeness (QED) is 0.248. The van der Waals surface area contributed by atoms with Crippen LogP contribution in [0.4, 0.5) is 10.5 Å². The lowest BCUT2D eigenvalue weighted by Gasteiger charge is -2.34. The normalized spacial score (nSPS) is 12.0. The fourth-order valence-electron chi connectivity index (χ4n) is 2.92. The maximum Gasteiger partial charge on any atom is 0.408 e. The Morgan fingerprint density at radius 1 is 1.09 bits per heavy atom. The van der Waals surface area contributed by atoms with Gasteiger partial charge in [0.05, 0.1) is 12.1 Å². The molecule has 0 bridgehead atoms. The Kier molecular flexibility index (Phi) is 10.8. The maximum atomic E-state index is 12.3. The van der Waals surface area contributed by atoms with E-state index in [9.17, 15) is 9.59 Å². The molecule has 0 spiro atoms. The molecule has 0 heterocycles. The van der Waals surface area contributed by atoms with Crippen LogP contribution in [0.15, 0.2) is 29.3 Å².